The molecule has 1 atom stereocenters. The van der Waals surface area contributed by atoms with Gasteiger partial charge in [0.15, 0.2) is 0 Å². The molecule has 2 saturated heterocycles. The van der Waals surface area contributed by atoms with Crippen LogP contribution in [0.4, 0.5) is 0 Å². The van der Waals surface area contributed by atoms with Gasteiger partial charge in [-0.1, -0.05) is 0 Å². The van der Waals surface area contributed by atoms with Gasteiger partial charge in [-0.25, -0.2) is 0 Å². The molecule has 2 fully saturated rings. The Hall–Kier alpha value is -0.160. The highest BCUT2D eigenvalue weighted by Crippen LogP contribution is 2.22. The summed E-state index contributed by atoms with van der Waals surface area (Å²) in [6.07, 6.45) is 2.70. The van der Waals surface area contributed by atoms with Crippen LogP contribution in [0.1, 0.15) is 19.3 Å². The number of rotatable bonds is 3. The maximum atomic E-state index is 10.2. The summed E-state index contributed by atoms with van der Waals surface area (Å²) in [5, 5.41) is 10.2. The van der Waals surface area contributed by atoms with Crippen molar-refractivity contribution in [1.82, 2.24) is 4.90 Å². The highest BCUT2D eigenvalue weighted by atomic mass is 16.5. The summed E-state index contributed by atoms with van der Waals surface area (Å²) in [5.41, 5.74) is -0.573. The first kappa shape index (κ1) is 11.3. The maximum absolute atomic E-state index is 10.2. The fraction of sp³-hybridized carbons (Fsp3) is 1.00. The summed E-state index contributed by atoms with van der Waals surface area (Å²) in [7, 11) is 0. The number of aliphatic hydroxyl groups is 1. The predicted octanol–water partition coefficient (Wildman–Crippen LogP) is 0.250. The van der Waals surface area contributed by atoms with Gasteiger partial charge in [-0.2, -0.15) is 0 Å². The van der Waals surface area contributed by atoms with Crippen LogP contribution in [0.25, 0.3) is 0 Å². The van der Waals surface area contributed by atoms with Gasteiger partial charge in [0.1, 0.15) is 0 Å². The molecule has 2 aliphatic rings. The number of nitrogens with zero attached hydrogens (tertiary/aromatic N) is 1. The van der Waals surface area contributed by atoms with Crippen LogP contribution in [0, 0.1) is 0 Å². The molecule has 4 heteroatoms. The van der Waals surface area contributed by atoms with Gasteiger partial charge in [0.2, 0.25) is 0 Å². The first-order valence-electron chi connectivity index (χ1n) is 5.89. The molecule has 0 amide bonds. The van der Waals surface area contributed by atoms with Crippen LogP contribution in [0.2, 0.25) is 0 Å². The Bertz CT molecular complexity index is 186. The first-order valence-corrected chi connectivity index (χ1v) is 5.89. The summed E-state index contributed by atoms with van der Waals surface area (Å²) in [6.45, 7) is 5.93. The molecule has 15 heavy (non-hydrogen) atoms. The second-order valence-corrected chi connectivity index (χ2v) is 4.58. The molecule has 88 valence electrons. The SMILES string of the molecule is OC1(CCN2CCOCC2)CCCOC1. The number of morpholine rings is 1. The molecule has 0 radical (unpaired) electrons. The van der Waals surface area contributed by atoms with E-state index < -0.39 is 5.60 Å². The van der Waals surface area contributed by atoms with Crippen LogP contribution in [0.3, 0.4) is 0 Å². The molecule has 0 aromatic rings. The monoisotopic (exact) mass is 215 g/mol. The molecule has 0 aromatic carbocycles. The van der Waals surface area contributed by atoms with Gasteiger partial charge < -0.3 is 14.6 Å². The van der Waals surface area contributed by atoms with Gasteiger partial charge in [-0.3, -0.25) is 4.90 Å². The molecule has 1 N–H and O–H groups in total. The Morgan fingerprint density at radius 2 is 1.93 bits per heavy atom. The standard InChI is InChI=1S/C11H21NO3/c13-11(2-1-7-15-10-11)3-4-12-5-8-14-9-6-12/h13H,1-10H2. The lowest BCUT2D eigenvalue weighted by atomic mass is 9.93. The maximum Gasteiger partial charge on any atom is 0.0893 e. The Morgan fingerprint density at radius 1 is 1.13 bits per heavy atom. The van der Waals surface area contributed by atoms with Gasteiger partial charge in [0, 0.05) is 26.2 Å². The average molecular weight is 215 g/mol. The van der Waals surface area contributed by atoms with Crippen molar-refractivity contribution in [3.8, 4) is 0 Å². The van der Waals surface area contributed by atoms with Crippen LogP contribution >= 0.6 is 0 Å². The highest BCUT2D eigenvalue weighted by molar-refractivity contribution is 4.82. The van der Waals surface area contributed by atoms with E-state index in [1.807, 2.05) is 0 Å². The fourth-order valence-electron chi connectivity index (χ4n) is 2.23. The van der Waals surface area contributed by atoms with Gasteiger partial charge >= 0.3 is 0 Å². The lowest BCUT2D eigenvalue weighted by molar-refractivity contribution is -0.0952. The Labute approximate surface area is 91.2 Å². The Kier molecular flexibility index (Phi) is 3.97. The van der Waals surface area contributed by atoms with Crippen LogP contribution in [0.5, 0.6) is 0 Å². The predicted molar refractivity (Wildman–Crippen MR) is 56.9 cm³/mol. The second-order valence-electron chi connectivity index (χ2n) is 4.58. The van der Waals surface area contributed by atoms with E-state index in [1.54, 1.807) is 0 Å². The van der Waals surface area contributed by atoms with E-state index in [-0.39, 0.29) is 0 Å². The zero-order chi connectivity index (χ0) is 10.6. The largest absolute Gasteiger partial charge is 0.387 e. The van der Waals surface area contributed by atoms with Crippen molar-refractivity contribution < 1.29 is 14.6 Å². The van der Waals surface area contributed by atoms with Crippen LogP contribution in [-0.2, 0) is 9.47 Å². The van der Waals surface area contributed by atoms with Gasteiger partial charge in [-0.15, -0.1) is 0 Å². The third kappa shape index (κ3) is 3.41. The summed E-state index contributed by atoms with van der Waals surface area (Å²) >= 11 is 0. The molecule has 0 aromatic heterocycles. The zero-order valence-corrected chi connectivity index (χ0v) is 9.28. The minimum Gasteiger partial charge on any atom is -0.387 e. The van der Waals surface area contributed by atoms with Gasteiger partial charge in [-0.05, 0) is 19.3 Å². The number of hydrogen-bond acceptors (Lipinski definition) is 4. The summed E-state index contributed by atoms with van der Waals surface area (Å²) in [6, 6.07) is 0. The Morgan fingerprint density at radius 3 is 2.60 bits per heavy atom. The van der Waals surface area contributed by atoms with Crippen molar-refractivity contribution >= 4 is 0 Å². The number of ether oxygens (including phenoxy) is 2. The van der Waals surface area contributed by atoms with Gasteiger partial charge in [0.05, 0.1) is 25.4 Å². The normalized spacial score (nSPS) is 34.2. The summed E-state index contributed by atoms with van der Waals surface area (Å²) in [4.78, 5) is 2.36. The van der Waals surface area contributed by atoms with Crippen LogP contribution in [-0.4, -0.2) is 61.7 Å². The van der Waals surface area contributed by atoms with Crippen molar-refractivity contribution in [3.63, 3.8) is 0 Å². The molecule has 0 spiro atoms. The molecular weight excluding hydrogens is 194 g/mol. The van der Waals surface area contributed by atoms with E-state index in [4.69, 9.17) is 9.47 Å². The highest BCUT2D eigenvalue weighted by Gasteiger charge is 2.30. The van der Waals surface area contributed by atoms with E-state index in [0.29, 0.717) is 6.61 Å². The zero-order valence-electron chi connectivity index (χ0n) is 9.28. The molecule has 0 aliphatic carbocycles. The van der Waals surface area contributed by atoms with Crippen molar-refractivity contribution in [1.29, 1.82) is 0 Å². The third-order valence-corrected chi connectivity index (χ3v) is 3.30. The lowest BCUT2D eigenvalue weighted by Crippen LogP contribution is -2.44. The second kappa shape index (κ2) is 5.25. The smallest absolute Gasteiger partial charge is 0.0893 e. The van der Waals surface area contributed by atoms with Crippen LogP contribution in [0.15, 0.2) is 0 Å². The average Bonchev–Trinajstić information content (AvgIpc) is 2.29. The van der Waals surface area contributed by atoms with E-state index in [2.05, 4.69) is 4.90 Å². The minimum absolute atomic E-state index is 0.511. The third-order valence-electron chi connectivity index (χ3n) is 3.30. The molecule has 2 heterocycles. The molecule has 4 nitrogen and oxygen atoms in total. The van der Waals surface area contributed by atoms with E-state index in [9.17, 15) is 5.11 Å². The molecule has 0 bridgehead atoms. The molecule has 1 unspecified atom stereocenters. The fourth-order valence-corrected chi connectivity index (χ4v) is 2.23. The molecular formula is C11H21NO3. The molecule has 2 rings (SSSR count). The molecule has 2 aliphatic heterocycles. The van der Waals surface area contributed by atoms with E-state index in [0.717, 1.165) is 58.7 Å². The van der Waals surface area contributed by atoms with Crippen molar-refractivity contribution in [3.05, 3.63) is 0 Å². The summed E-state index contributed by atoms with van der Waals surface area (Å²) in [5.74, 6) is 0. The topological polar surface area (TPSA) is 41.9 Å². The number of hydrogen-bond donors (Lipinski definition) is 1. The minimum atomic E-state index is -0.573. The van der Waals surface area contributed by atoms with E-state index in [1.165, 1.54) is 0 Å². The lowest BCUT2D eigenvalue weighted by Gasteiger charge is -2.35. The first-order chi connectivity index (χ1) is 7.29. The quantitative estimate of drug-likeness (QED) is 0.733. The summed E-state index contributed by atoms with van der Waals surface area (Å²) < 4.78 is 10.6. The van der Waals surface area contributed by atoms with Crippen LogP contribution < -0.4 is 0 Å². The van der Waals surface area contributed by atoms with Gasteiger partial charge in [0.25, 0.3) is 0 Å². The van der Waals surface area contributed by atoms with Crippen molar-refractivity contribution in [2.45, 2.75) is 24.9 Å². The van der Waals surface area contributed by atoms with E-state index >= 15 is 0 Å². The van der Waals surface area contributed by atoms with Crippen molar-refractivity contribution in [2.24, 2.45) is 0 Å². The molecule has 0 saturated carbocycles. The Balaban J connectivity index is 1.70. The van der Waals surface area contributed by atoms with Crippen molar-refractivity contribution in [2.75, 3.05) is 46.1 Å².